The first kappa shape index (κ1) is 9.65. The van der Waals surface area contributed by atoms with Crippen molar-refractivity contribution in [2.75, 3.05) is 0 Å². The summed E-state index contributed by atoms with van der Waals surface area (Å²) in [5, 5.41) is 10.6. The maximum Gasteiger partial charge on any atom is 0.122 e. The van der Waals surface area contributed by atoms with Crippen LogP contribution in [0.2, 0.25) is 0 Å². The first-order valence-electron chi connectivity index (χ1n) is 4.37. The van der Waals surface area contributed by atoms with Gasteiger partial charge in [-0.2, -0.15) is 0 Å². The molecule has 0 saturated carbocycles. The van der Waals surface area contributed by atoms with Crippen LogP contribution in [0.3, 0.4) is 0 Å². The number of aromatic nitrogens is 2. The molecule has 68 valence electrons. The average molecular weight is 184 g/mol. The van der Waals surface area contributed by atoms with Crippen molar-refractivity contribution in [3.8, 4) is 0 Å². The Morgan fingerprint density at radius 3 is 2.33 bits per heavy atom. The summed E-state index contributed by atoms with van der Waals surface area (Å²) in [6.07, 6.45) is 2.21. The van der Waals surface area contributed by atoms with Gasteiger partial charge in [0.15, 0.2) is 0 Å². The molecule has 0 N–H and O–H groups in total. The van der Waals surface area contributed by atoms with E-state index in [0.717, 1.165) is 17.8 Å². The van der Waals surface area contributed by atoms with Gasteiger partial charge in [0.2, 0.25) is 0 Å². The van der Waals surface area contributed by atoms with E-state index in [1.807, 2.05) is 0 Å². The standard InChI is InChI=1S/C9H16N2S/c1-5-6-7-10-11-8(12-7)9(2,3)4/h5-6H2,1-4H3. The molecule has 0 amide bonds. The zero-order chi connectivity index (χ0) is 9.19. The minimum atomic E-state index is 0.156. The second kappa shape index (κ2) is 3.52. The van der Waals surface area contributed by atoms with Gasteiger partial charge in [-0.05, 0) is 6.42 Å². The lowest BCUT2D eigenvalue weighted by atomic mass is 9.98. The number of hydrogen-bond acceptors (Lipinski definition) is 3. The van der Waals surface area contributed by atoms with Crippen LogP contribution in [0.15, 0.2) is 0 Å². The molecular formula is C9H16N2S. The van der Waals surface area contributed by atoms with E-state index in [-0.39, 0.29) is 5.41 Å². The highest BCUT2D eigenvalue weighted by atomic mass is 32.1. The van der Waals surface area contributed by atoms with Crippen LogP contribution in [0.25, 0.3) is 0 Å². The van der Waals surface area contributed by atoms with Gasteiger partial charge in [0.1, 0.15) is 10.0 Å². The summed E-state index contributed by atoms with van der Waals surface area (Å²) >= 11 is 1.74. The maximum absolute atomic E-state index is 4.17. The molecule has 0 aliphatic heterocycles. The summed E-state index contributed by atoms with van der Waals surface area (Å²) in [6.45, 7) is 8.67. The summed E-state index contributed by atoms with van der Waals surface area (Å²) in [4.78, 5) is 0. The van der Waals surface area contributed by atoms with Gasteiger partial charge in [-0.3, -0.25) is 0 Å². The number of hydrogen-bond donors (Lipinski definition) is 0. The summed E-state index contributed by atoms with van der Waals surface area (Å²) in [5.41, 5.74) is 0.156. The topological polar surface area (TPSA) is 25.8 Å². The van der Waals surface area contributed by atoms with Gasteiger partial charge < -0.3 is 0 Å². The minimum Gasteiger partial charge on any atom is -0.144 e. The van der Waals surface area contributed by atoms with E-state index in [4.69, 9.17) is 0 Å². The lowest BCUT2D eigenvalue weighted by molar-refractivity contribution is 0.577. The van der Waals surface area contributed by atoms with E-state index in [1.54, 1.807) is 11.3 Å². The Labute approximate surface area is 78.0 Å². The molecule has 2 nitrogen and oxygen atoms in total. The molecule has 1 heterocycles. The van der Waals surface area contributed by atoms with E-state index in [2.05, 4.69) is 37.9 Å². The summed E-state index contributed by atoms with van der Waals surface area (Å²) in [6, 6.07) is 0. The fourth-order valence-electron chi connectivity index (χ4n) is 0.872. The van der Waals surface area contributed by atoms with E-state index in [1.165, 1.54) is 5.01 Å². The van der Waals surface area contributed by atoms with Crippen molar-refractivity contribution in [1.29, 1.82) is 0 Å². The van der Waals surface area contributed by atoms with Crippen LogP contribution in [-0.4, -0.2) is 10.2 Å². The molecule has 1 aromatic rings. The second-order valence-corrected chi connectivity index (χ2v) is 5.06. The van der Waals surface area contributed by atoms with Gasteiger partial charge in [0, 0.05) is 11.8 Å². The first-order valence-corrected chi connectivity index (χ1v) is 5.18. The van der Waals surface area contributed by atoms with Crippen molar-refractivity contribution in [3.05, 3.63) is 10.0 Å². The molecular weight excluding hydrogens is 168 g/mol. The molecule has 0 aromatic carbocycles. The molecule has 0 unspecified atom stereocenters. The van der Waals surface area contributed by atoms with Crippen molar-refractivity contribution in [2.24, 2.45) is 0 Å². The predicted octanol–water partition coefficient (Wildman–Crippen LogP) is 2.79. The first-order chi connectivity index (χ1) is 5.54. The number of nitrogens with zero attached hydrogens (tertiary/aromatic N) is 2. The fraction of sp³-hybridized carbons (Fsp3) is 0.778. The van der Waals surface area contributed by atoms with Crippen molar-refractivity contribution >= 4 is 11.3 Å². The highest BCUT2D eigenvalue weighted by Crippen LogP contribution is 2.25. The highest BCUT2D eigenvalue weighted by Gasteiger charge is 2.18. The molecule has 3 heteroatoms. The molecule has 0 spiro atoms. The SMILES string of the molecule is CCCc1nnc(C(C)(C)C)s1. The Balaban J connectivity index is 2.77. The Hall–Kier alpha value is -0.440. The van der Waals surface area contributed by atoms with E-state index < -0.39 is 0 Å². The van der Waals surface area contributed by atoms with Gasteiger partial charge in [0.05, 0.1) is 0 Å². The zero-order valence-corrected chi connectivity index (χ0v) is 9.03. The summed E-state index contributed by atoms with van der Waals surface area (Å²) in [7, 11) is 0. The summed E-state index contributed by atoms with van der Waals surface area (Å²) in [5.74, 6) is 0. The van der Waals surface area contributed by atoms with Crippen LogP contribution in [0.1, 0.15) is 44.1 Å². The van der Waals surface area contributed by atoms with Crippen LogP contribution in [0, 0.1) is 0 Å². The van der Waals surface area contributed by atoms with Gasteiger partial charge in [-0.15, -0.1) is 21.5 Å². The predicted molar refractivity (Wildman–Crippen MR) is 52.6 cm³/mol. The Morgan fingerprint density at radius 2 is 1.92 bits per heavy atom. The van der Waals surface area contributed by atoms with Crippen molar-refractivity contribution in [1.82, 2.24) is 10.2 Å². The Kier molecular flexibility index (Phi) is 2.83. The molecule has 0 aliphatic carbocycles. The monoisotopic (exact) mass is 184 g/mol. The molecule has 0 bridgehead atoms. The normalized spacial score (nSPS) is 12.0. The van der Waals surface area contributed by atoms with Gasteiger partial charge in [0.25, 0.3) is 0 Å². The highest BCUT2D eigenvalue weighted by molar-refractivity contribution is 7.11. The van der Waals surface area contributed by atoms with Gasteiger partial charge in [-0.1, -0.05) is 27.7 Å². The Bertz CT molecular complexity index is 247. The second-order valence-electron chi connectivity index (χ2n) is 4.00. The number of aryl methyl sites for hydroxylation is 1. The quantitative estimate of drug-likeness (QED) is 0.706. The lowest BCUT2D eigenvalue weighted by Gasteiger charge is -2.12. The van der Waals surface area contributed by atoms with Crippen LogP contribution >= 0.6 is 11.3 Å². The molecule has 0 aliphatic rings. The molecule has 12 heavy (non-hydrogen) atoms. The third-order valence-corrected chi connectivity index (χ3v) is 2.98. The van der Waals surface area contributed by atoms with Crippen molar-refractivity contribution < 1.29 is 0 Å². The van der Waals surface area contributed by atoms with E-state index in [0.29, 0.717) is 0 Å². The molecule has 0 saturated heterocycles. The fourth-order valence-corrected chi connectivity index (χ4v) is 1.87. The molecule has 0 atom stereocenters. The zero-order valence-electron chi connectivity index (χ0n) is 8.22. The van der Waals surface area contributed by atoms with Crippen molar-refractivity contribution in [2.45, 2.75) is 46.0 Å². The third kappa shape index (κ3) is 2.27. The molecule has 1 aromatic heterocycles. The van der Waals surface area contributed by atoms with Crippen LogP contribution in [-0.2, 0) is 11.8 Å². The van der Waals surface area contributed by atoms with Crippen molar-refractivity contribution in [3.63, 3.8) is 0 Å². The molecule has 0 fully saturated rings. The van der Waals surface area contributed by atoms with E-state index in [9.17, 15) is 0 Å². The van der Waals surface area contributed by atoms with Gasteiger partial charge in [-0.25, -0.2) is 0 Å². The molecule has 1 rings (SSSR count). The average Bonchev–Trinajstić information content (AvgIpc) is 2.35. The Morgan fingerprint density at radius 1 is 1.25 bits per heavy atom. The lowest BCUT2D eigenvalue weighted by Crippen LogP contribution is -2.10. The van der Waals surface area contributed by atoms with E-state index >= 15 is 0 Å². The minimum absolute atomic E-state index is 0.156. The smallest absolute Gasteiger partial charge is 0.122 e. The van der Waals surface area contributed by atoms with Crippen LogP contribution < -0.4 is 0 Å². The largest absolute Gasteiger partial charge is 0.144 e. The maximum atomic E-state index is 4.17. The summed E-state index contributed by atoms with van der Waals surface area (Å²) < 4.78 is 0. The van der Waals surface area contributed by atoms with Crippen LogP contribution in [0.4, 0.5) is 0 Å². The number of rotatable bonds is 2. The third-order valence-electron chi connectivity index (χ3n) is 1.57. The molecule has 0 radical (unpaired) electrons. The van der Waals surface area contributed by atoms with Crippen LogP contribution in [0.5, 0.6) is 0 Å². The van der Waals surface area contributed by atoms with Gasteiger partial charge >= 0.3 is 0 Å².